The summed E-state index contributed by atoms with van der Waals surface area (Å²) in [6.07, 6.45) is 4.85. The normalized spacial score (nSPS) is 15.2. The number of nitrogens with one attached hydrogen (secondary N) is 1. The molecule has 170 valence electrons. The molecule has 7 nitrogen and oxygen atoms in total. The molecule has 32 heavy (non-hydrogen) atoms. The van der Waals surface area contributed by atoms with Gasteiger partial charge in [-0.25, -0.2) is 4.68 Å². The molecular formula is C25H34N6O. The molecule has 1 fully saturated rings. The number of piperazine rings is 1. The van der Waals surface area contributed by atoms with E-state index in [-0.39, 0.29) is 5.91 Å². The number of hydrogen-bond acceptors (Lipinski definition) is 4. The fourth-order valence-electron chi connectivity index (χ4n) is 4.28. The number of aromatic nitrogens is 3. The second kappa shape index (κ2) is 10.1. The van der Waals surface area contributed by atoms with Gasteiger partial charge in [-0.1, -0.05) is 24.6 Å². The molecule has 2 aromatic heterocycles. The minimum atomic E-state index is -0.0691. The Morgan fingerprint density at radius 3 is 2.31 bits per heavy atom. The van der Waals surface area contributed by atoms with E-state index >= 15 is 0 Å². The van der Waals surface area contributed by atoms with Crippen LogP contribution < -0.4 is 5.32 Å². The molecule has 3 aromatic rings. The van der Waals surface area contributed by atoms with Gasteiger partial charge in [-0.05, 0) is 57.6 Å². The van der Waals surface area contributed by atoms with Gasteiger partial charge in [-0.3, -0.25) is 4.79 Å². The third-order valence-corrected chi connectivity index (χ3v) is 6.24. The monoisotopic (exact) mass is 434 g/mol. The zero-order valence-electron chi connectivity index (χ0n) is 19.4. The summed E-state index contributed by atoms with van der Waals surface area (Å²) in [6, 6.07) is 12.1. The maximum absolute atomic E-state index is 13.2. The summed E-state index contributed by atoms with van der Waals surface area (Å²) < 4.78 is 3.82. The Labute approximate surface area is 190 Å². The molecule has 0 saturated carbocycles. The van der Waals surface area contributed by atoms with Crippen molar-refractivity contribution in [1.82, 2.24) is 29.5 Å². The number of nitrogens with zero attached hydrogens (tertiary/aromatic N) is 5. The summed E-state index contributed by atoms with van der Waals surface area (Å²) >= 11 is 0. The highest BCUT2D eigenvalue weighted by atomic mass is 16.1. The molecule has 1 N–H and O–H groups in total. The van der Waals surface area contributed by atoms with Crippen molar-refractivity contribution in [2.45, 2.75) is 27.2 Å². The highest BCUT2D eigenvalue weighted by Crippen LogP contribution is 2.23. The van der Waals surface area contributed by atoms with Crippen LogP contribution in [0.3, 0.4) is 0 Å². The quantitative estimate of drug-likeness (QED) is 0.554. The number of aryl methyl sites for hydroxylation is 2. The first kappa shape index (κ1) is 22.3. The van der Waals surface area contributed by atoms with E-state index in [0.29, 0.717) is 12.1 Å². The smallest absolute Gasteiger partial charge is 0.256 e. The highest BCUT2D eigenvalue weighted by molar-refractivity contribution is 5.98. The largest absolute Gasteiger partial charge is 0.352 e. The Morgan fingerprint density at radius 2 is 1.66 bits per heavy atom. The van der Waals surface area contributed by atoms with Crippen molar-refractivity contribution >= 4 is 5.91 Å². The van der Waals surface area contributed by atoms with Crippen LogP contribution in [0.1, 0.15) is 35.0 Å². The molecular weight excluding hydrogens is 400 g/mol. The Balaban J connectivity index is 1.45. The average molecular weight is 435 g/mol. The third-order valence-electron chi connectivity index (χ3n) is 6.24. The van der Waals surface area contributed by atoms with E-state index in [9.17, 15) is 4.79 Å². The van der Waals surface area contributed by atoms with Crippen molar-refractivity contribution in [3.63, 3.8) is 0 Å². The van der Waals surface area contributed by atoms with E-state index in [1.54, 1.807) is 0 Å². The van der Waals surface area contributed by atoms with E-state index in [1.165, 1.54) is 5.56 Å². The fourth-order valence-corrected chi connectivity index (χ4v) is 4.28. The van der Waals surface area contributed by atoms with Crippen molar-refractivity contribution < 1.29 is 4.79 Å². The van der Waals surface area contributed by atoms with Gasteiger partial charge in [-0.2, -0.15) is 5.10 Å². The maximum Gasteiger partial charge on any atom is 0.256 e. The summed E-state index contributed by atoms with van der Waals surface area (Å²) in [5.74, 6) is 0.699. The third kappa shape index (κ3) is 4.95. The number of hydrogen-bond donors (Lipinski definition) is 1. The van der Waals surface area contributed by atoms with E-state index in [4.69, 9.17) is 5.10 Å². The molecule has 1 aliphatic heterocycles. The van der Waals surface area contributed by atoms with Crippen LogP contribution in [0.25, 0.3) is 11.5 Å². The summed E-state index contributed by atoms with van der Waals surface area (Å²) in [4.78, 5) is 18.2. The number of carbonyl (C=O) groups excluding carboxylic acids is 1. The number of carbonyl (C=O) groups is 1. The van der Waals surface area contributed by atoms with Crippen LogP contribution in [0, 0.1) is 13.8 Å². The van der Waals surface area contributed by atoms with Crippen LogP contribution in [-0.4, -0.2) is 75.9 Å². The van der Waals surface area contributed by atoms with Crippen molar-refractivity contribution in [3.05, 3.63) is 65.6 Å². The molecule has 7 heteroatoms. The van der Waals surface area contributed by atoms with Crippen LogP contribution in [0.2, 0.25) is 0 Å². The zero-order chi connectivity index (χ0) is 22.5. The van der Waals surface area contributed by atoms with Crippen molar-refractivity contribution in [2.24, 2.45) is 0 Å². The molecule has 1 aromatic carbocycles. The predicted molar refractivity (Wildman–Crippen MR) is 128 cm³/mol. The molecule has 0 aliphatic carbocycles. The lowest BCUT2D eigenvalue weighted by Gasteiger charge is -2.33. The van der Waals surface area contributed by atoms with Gasteiger partial charge >= 0.3 is 0 Å². The molecule has 0 unspecified atom stereocenters. The van der Waals surface area contributed by atoms with Crippen LogP contribution in [0.5, 0.6) is 0 Å². The van der Waals surface area contributed by atoms with Crippen molar-refractivity contribution in [1.29, 1.82) is 0 Å². The van der Waals surface area contributed by atoms with E-state index < -0.39 is 0 Å². The van der Waals surface area contributed by atoms with Crippen molar-refractivity contribution in [3.8, 4) is 11.5 Å². The summed E-state index contributed by atoms with van der Waals surface area (Å²) in [5.41, 5.74) is 3.47. The Kier molecular flexibility index (Phi) is 7.07. The van der Waals surface area contributed by atoms with Gasteiger partial charge in [0.05, 0.1) is 11.4 Å². The highest BCUT2D eigenvalue weighted by Gasteiger charge is 2.23. The zero-order valence-corrected chi connectivity index (χ0v) is 19.4. The van der Waals surface area contributed by atoms with Gasteiger partial charge in [0.25, 0.3) is 5.91 Å². The second-order valence-electron chi connectivity index (χ2n) is 8.51. The number of benzene rings is 1. The van der Waals surface area contributed by atoms with Gasteiger partial charge in [0, 0.05) is 45.1 Å². The van der Waals surface area contributed by atoms with Crippen LogP contribution in [0.15, 0.2) is 48.8 Å². The lowest BCUT2D eigenvalue weighted by atomic mass is 10.2. The number of rotatable bonds is 8. The topological polar surface area (TPSA) is 58.3 Å². The first-order chi connectivity index (χ1) is 15.6. The maximum atomic E-state index is 13.2. The Hall–Kier alpha value is -2.90. The van der Waals surface area contributed by atoms with Gasteiger partial charge in [0.1, 0.15) is 5.56 Å². The van der Waals surface area contributed by atoms with Gasteiger partial charge in [-0.15, -0.1) is 0 Å². The number of amides is 1. The van der Waals surface area contributed by atoms with Crippen LogP contribution in [-0.2, 0) is 0 Å². The average Bonchev–Trinajstić information content (AvgIpc) is 3.45. The van der Waals surface area contributed by atoms with Crippen LogP contribution >= 0.6 is 0 Å². The lowest BCUT2D eigenvalue weighted by molar-refractivity contribution is 0.0947. The minimum Gasteiger partial charge on any atom is -0.352 e. The molecule has 0 atom stereocenters. The standard InChI is InChI=1S/C25H34N6O/c1-4-28-16-18-29(19-17-28)13-7-12-26-24(32)23-21(3)27-31(22-10-8-20(2)9-11-22)25(23)30-14-5-6-15-30/h5-6,8-11,14-15H,4,7,12-13,16-19H2,1-3H3,(H,26,32). The van der Waals surface area contributed by atoms with Gasteiger partial charge in [0.15, 0.2) is 5.82 Å². The van der Waals surface area contributed by atoms with E-state index in [2.05, 4.69) is 41.1 Å². The van der Waals surface area contributed by atoms with Crippen molar-refractivity contribution in [2.75, 3.05) is 45.8 Å². The molecule has 1 amide bonds. The predicted octanol–water partition coefficient (Wildman–Crippen LogP) is 3.04. The van der Waals surface area contributed by atoms with Crippen LogP contribution in [0.4, 0.5) is 0 Å². The Morgan fingerprint density at radius 1 is 1.00 bits per heavy atom. The summed E-state index contributed by atoms with van der Waals surface area (Å²) in [7, 11) is 0. The summed E-state index contributed by atoms with van der Waals surface area (Å²) in [6.45, 7) is 13.5. The minimum absolute atomic E-state index is 0.0691. The SMILES string of the molecule is CCN1CCN(CCCNC(=O)c2c(C)nn(-c3ccc(C)cc3)c2-n2cccc2)CC1. The van der Waals surface area contributed by atoms with Gasteiger partial charge in [0.2, 0.25) is 0 Å². The molecule has 1 saturated heterocycles. The van der Waals surface area contributed by atoms with E-state index in [1.807, 2.05) is 52.8 Å². The molecule has 4 rings (SSSR count). The second-order valence-corrected chi connectivity index (χ2v) is 8.51. The lowest BCUT2D eigenvalue weighted by Crippen LogP contribution is -2.46. The van der Waals surface area contributed by atoms with E-state index in [0.717, 1.165) is 62.9 Å². The van der Waals surface area contributed by atoms with Gasteiger partial charge < -0.3 is 19.7 Å². The molecule has 0 spiro atoms. The molecule has 0 radical (unpaired) electrons. The fraction of sp³-hybridized carbons (Fsp3) is 0.440. The Bertz CT molecular complexity index is 1010. The number of likely N-dealkylation sites (N-methyl/N-ethyl adjacent to an activating group) is 1. The molecule has 1 aliphatic rings. The first-order valence-electron chi connectivity index (χ1n) is 11.6. The first-order valence-corrected chi connectivity index (χ1v) is 11.6. The molecule has 3 heterocycles. The molecule has 0 bridgehead atoms. The summed E-state index contributed by atoms with van der Waals surface area (Å²) in [5, 5.41) is 7.86.